The predicted molar refractivity (Wildman–Crippen MR) is 74.9 cm³/mol. The van der Waals surface area contributed by atoms with Crippen LogP contribution in [0.2, 0.25) is 0 Å². The molecule has 2 unspecified atom stereocenters. The van der Waals surface area contributed by atoms with Crippen LogP contribution >= 0.6 is 11.3 Å². The third kappa shape index (κ3) is 3.09. The lowest BCUT2D eigenvalue weighted by molar-refractivity contribution is 0.0102. The van der Waals surface area contributed by atoms with E-state index in [0.717, 1.165) is 31.6 Å². The second-order valence-electron chi connectivity index (χ2n) is 4.99. The molecule has 0 radical (unpaired) electrons. The maximum atomic E-state index is 5.89. The van der Waals surface area contributed by atoms with Crippen LogP contribution in [0.1, 0.15) is 28.4 Å². The van der Waals surface area contributed by atoms with Gasteiger partial charge in [-0.25, -0.2) is 4.98 Å². The highest BCUT2D eigenvalue weighted by Gasteiger charge is 2.28. The lowest BCUT2D eigenvalue weighted by Crippen LogP contribution is -2.47. The number of methoxy groups -OCH3 is 1. The van der Waals surface area contributed by atoms with E-state index >= 15 is 0 Å². The Balaban J connectivity index is 1.99. The zero-order chi connectivity index (χ0) is 13.1. The van der Waals surface area contributed by atoms with Crippen LogP contribution in [-0.4, -0.2) is 42.2 Å². The number of ether oxygens (including phenoxy) is 1. The van der Waals surface area contributed by atoms with E-state index < -0.39 is 0 Å². The molecule has 18 heavy (non-hydrogen) atoms. The van der Waals surface area contributed by atoms with Crippen molar-refractivity contribution in [1.82, 2.24) is 9.88 Å². The van der Waals surface area contributed by atoms with Gasteiger partial charge in [0.2, 0.25) is 0 Å². The Morgan fingerprint density at radius 3 is 2.83 bits per heavy atom. The normalized spacial score (nSPS) is 25.6. The smallest absolute Gasteiger partial charge is 0.107 e. The minimum absolute atomic E-state index is 0.370. The molecule has 0 amide bonds. The van der Waals surface area contributed by atoms with Gasteiger partial charge in [-0.2, -0.15) is 0 Å². The molecule has 0 spiro atoms. The number of rotatable bonds is 4. The van der Waals surface area contributed by atoms with Crippen LogP contribution in [0.5, 0.6) is 0 Å². The molecule has 0 aliphatic carbocycles. The largest absolute Gasteiger partial charge is 0.381 e. The van der Waals surface area contributed by atoms with Gasteiger partial charge >= 0.3 is 0 Å². The van der Waals surface area contributed by atoms with Crippen molar-refractivity contribution < 1.29 is 4.74 Å². The average molecular weight is 269 g/mol. The first-order valence-electron chi connectivity index (χ1n) is 6.53. The number of thiazole rings is 1. The molecular formula is C13H23N3OS. The molecule has 1 aliphatic rings. The third-order valence-electron chi connectivity index (χ3n) is 3.81. The van der Waals surface area contributed by atoms with Gasteiger partial charge in [0.25, 0.3) is 0 Å². The van der Waals surface area contributed by atoms with E-state index in [2.05, 4.69) is 23.7 Å². The molecule has 2 N–H and O–H groups in total. The van der Waals surface area contributed by atoms with Gasteiger partial charge in [0.1, 0.15) is 5.01 Å². The monoisotopic (exact) mass is 269 g/mol. The number of hydrogen-bond donors (Lipinski definition) is 1. The Kier molecular flexibility index (Phi) is 4.72. The van der Waals surface area contributed by atoms with Crippen molar-refractivity contribution in [3.05, 3.63) is 15.6 Å². The van der Waals surface area contributed by atoms with Gasteiger partial charge in [0.15, 0.2) is 0 Å². The topological polar surface area (TPSA) is 51.4 Å². The van der Waals surface area contributed by atoms with E-state index in [1.165, 1.54) is 9.88 Å². The molecule has 1 aliphatic heterocycles. The van der Waals surface area contributed by atoms with Crippen LogP contribution < -0.4 is 5.73 Å². The van der Waals surface area contributed by atoms with Gasteiger partial charge in [-0.1, -0.05) is 0 Å². The summed E-state index contributed by atoms with van der Waals surface area (Å²) in [5.74, 6) is 0. The molecule has 2 atom stereocenters. The van der Waals surface area contributed by atoms with Crippen molar-refractivity contribution in [2.75, 3.05) is 20.2 Å². The van der Waals surface area contributed by atoms with E-state index in [4.69, 9.17) is 10.5 Å². The summed E-state index contributed by atoms with van der Waals surface area (Å²) < 4.78 is 5.45. The zero-order valence-electron chi connectivity index (χ0n) is 11.5. The first kappa shape index (κ1) is 13.9. The van der Waals surface area contributed by atoms with Gasteiger partial charge in [0.05, 0.1) is 18.3 Å². The summed E-state index contributed by atoms with van der Waals surface area (Å²) in [7, 11) is 1.79. The fraction of sp³-hybridized carbons (Fsp3) is 0.769. The highest BCUT2D eigenvalue weighted by molar-refractivity contribution is 7.11. The van der Waals surface area contributed by atoms with Crippen molar-refractivity contribution in [3.63, 3.8) is 0 Å². The molecule has 4 nitrogen and oxygen atoms in total. The molecule has 1 fully saturated rings. The van der Waals surface area contributed by atoms with Gasteiger partial charge in [-0.15, -0.1) is 11.3 Å². The van der Waals surface area contributed by atoms with Gasteiger partial charge in [-0.05, 0) is 26.7 Å². The molecule has 1 aromatic heterocycles. The minimum Gasteiger partial charge on any atom is -0.381 e. The highest BCUT2D eigenvalue weighted by atomic mass is 32.1. The number of hydrogen-bond acceptors (Lipinski definition) is 5. The second-order valence-corrected chi connectivity index (χ2v) is 6.28. The number of piperidine rings is 1. The summed E-state index contributed by atoms with van der Waals surface area (Å²) >= 11 is 1.80. The van der Waals surface area contributed by atoms with Gasteiger partial charge in [-0.3, -0.25) is 4.90 Å². The van der Waals surface area contributed by atoms with E-state index in [1.54, 1.807) is 18.4 Å². The van der Waals surface area contributed by atoms with Crippen LogP contribution in [-0.2, 0) is 11.3 Å². The fourth-order valence-corrected chi connectivity index (χ4v) is 3.47. The molecule has 5 heteroatoms. The number of nitrogens with two attached hydrogens (primary N) is 1. The summed E-state index contributed by atoms with van der Waals surface area (Å²) in [5.41, 5.74) is 7.04. The van der Waals surface area contributed by atoms with Crippen molar-refractivity contribution in [2.24, 2.45) is 5.73 Å². The predicted octanol–water partition coefficient (Wildman–Crippen LogP) is 1.70. The molecule has 2 rings (SSSR count). The SMILES string of the molecule is COC1CCN(Cc2nc(C)c(C)s2)C(CN)C1. The van der Waals surface area contributed by atoms with Crippen LogP contribution in [0.15, 0.2) is 0 Å². The zero-order valence-corrected chi connectivity index (χ0v) is 12.3. The molecule has 102 valence electrons. The summed E-state index contributed by atoms with van der Waals surface area (Å²) in [5, 5.41) is 1.21. The second kappa shape index (κ2) is 6.10. The van der Waals surface area contributed by atoms with Crippen LogP contribution in [0.25, 0.3) is 0 Å². The summed E-state index contributed by atoms with van der Waals surface area (Å²) in [6, 6.07) is 0.424. The van der Waals surface area contributed by atoms with E-state index in [9.17, 15) is 0 Å². The quantitative estimate of drug-likeness (QED) is 0.904. The molecule has 0 aromatic carbocycles. The van der Waals surface area contributed by atoms with Crippen molar-refractivity contribution in [3.8, 4) is 0 Å². The van der Waals surface area contributed by atoms with Crippen LogP contribution in [0.3, 0.4) is 0 Å². The number of aromatic nitrogens is 1. The maximum absolute atomic E-state index is 5.89. The Morgan fingerprint density at radius 2 is 2.28 bits per heavy atom. The maximum Gasteiger partial charge on any atom is 0.107 e. The van der Waals surface area contributed by atoms with E-state index in [1.807, 2.05) is 0 Å². The Labute approximate surface area is 113 Å². The molecular weight excluding hydrogens is 246 g/mol. The van der Waals surface area contributed by atoms with Crippen molar-refractivity contribution >= 4 is 11.3 Å². The Hall–Kier alpha value is -0.490. The summed E-state index contributed by atoms with van der Waals surface area (Å²) in [6.07, 6.45) is 2.50. The molecule has 1 aromatic rings. The lowest BCUT2D eigenvalue weighted by Gasteiger charge is -2.37. The molecule has 0 saturated carbocycles. The number of nitrogens with zero attached hydrogens (tertiary/aromatic N) is 2. The Bertz CT molecular complexity index is 374. The van der Waals surface area contributed by atoms with Gasteiger partial charge < -0.3 is 10.5 Å². The Morgan fingerprint density at radius 1 is 1.50 bits per heavy atom. The number of likely N-dealkylation sites (tertiary alicyclic amines) is 1. The van der Waals surface area contributed by atoms with Crippen molar-refractivity contribution in [2.45, 2.75) is 45.4 Å². The first-order valence-corrected chi connectivity index (χ1v) is 7.35. The highest BCUT2D eigenvalue weighted by Crippen LogP contribution is 2.24. The lowest BCUT2D eigenvalue weighted by atomic mass is 9.99. The fourth-order valence-electron chi connectivity index (χ4n) is 2.51. The van der Waals surface area contributed by atoms with Crippen molar-refractivity contribution in [1.29, 1.82) is 0 Å². The summed E-state index contributed by atoms with van der Waals surface area (Å²) in [4.78, 5) is 8.39. The van der Waals surface area contributed by atoms with E-state index in [0.29, 0.717) is 18.7 Å². The molecule has 1 saturated heterocycles. The van der Waals surface area contributed by atoms with Gasteiger partial charge in [0, 0.05) is 31.1 Å². The molecule has 2 heterocycles. The standard InChI is InChI=1S/C13H23N3OS/c1-9-10(2)18-13(15-9)8-16-5-4-12(17-3)6-11(16)7-14/h11-12H,4-8,14H2,1-3H3. The van der Waals surface area contributed by atoms with E-state index in [-0.39, 0.29) is 0 Å². The third-order valence-corrected chi connectivity index (χ3v) is 4.86. The first-order chi connectivity index (χ1) is 8.63. The summed E-state index contributed by atoms with van der Waals surface area (Å²) in [6.45, 7) is 6.89. The average Bonchev–Trinajstić information content (AvgIpc) is 2.69. The van der Waals surface area contributed by atoms with Crippen LogP contribution in [0, 0.1) is 13.8 Å². The number of aryl methyl sites for hydroxylation is 2. The minimum atomic E-state index is 0.370. The van der Waals surface area contributed by atoms with Crippen LogP contribution in [0.4, 0.5) is 0 Å². The molecule has 0 bridgehead atoms.